The molecule has 1 aromatic heterocycles. The number of imide groups is 1. The van der Waals surface area contributed by atoms with E-state index in [-0.39, 0.29) is 24.5 Å². The molecule has 1 saturated heterocycles. The van der Waals surface area contributed by atoms with Crippen molar-refractivity contribution in [3.63, 3.8) is 0 Å². The Morgan fingerprint density at radius 1 is 1.44 bits per heavy atom. The molecule has 16 heavy (non-hydrogen) atoms. The van der Waals surface area contributed by atoms with Gasteiger partial charge in [-0.3, -0.25) is 9.69 Å². The molecule has 0 aromatic carbocycles. The molecule has 2 rings (SSSR count). The third-order valence-electron chi connectivity index (χ3n) is 2.80. The predicted molar refractivity (Wildman–Crippen MR) is 56.8 cm³/mol. The molecule has 0 spiro atoms. The van der Waals surface area contributed by atoms with Crippen LogP contribution in [0, 0.1) is 13.8 Å². The second kappa shape index (κ2) is 3.66. The Bertz CT molecular complexity index is 434. The zero-order valence-corrected chi connectivity index (χ0v) is 9.53. The van der Waals surface area contributed by atoms with Crippen molar-refractivity contribution in [2.45, 2.75) is 26.8 Å². The number of carbonyl (C=O) groups is 2. The summed E-state index contributed by atoms with van der Waals surface area (Å²) in [5, 5.41) is 2.50. The maximum atomic E-state index is 11.5. The van der Waals surface area contributed by atoms with Gasteiger partial charge in [-0.2, -0.15) is 0 Å². The number of aryl methyl sites for hydroxylation is 2. The van der Waals surface area contributed by atoms with Crippen LogP contribution in [-0.2, 0) is 4.79 Å². The first-order chi connectivity index (χ1) is 7.50. The van der Waals surface area contributed by atoms with Gasteiger partial charge < -0.3 is 9.73 Å². The van der Waals surface area contributed by atoms with Gasteiger partial charge in [-0.15, -0.1) is 0 Å². The Hall–Kier alpha value is -1.78. The summed E-state index contributed by atoms with van der Waals surface area (Å²) < 4.78 is 5.40. The van der Waals surface area contributed by atoms with Crippen LogP contribution >= 0.6 is 0 Å². The van der Waals surface area contributed by atoms with E-state index in [1.165, 1.54) is 4.90 Å². The normalized spacial score (nSPS) is 17.8. The summed E-state index contributed by atoms with van der Waals surface area (Å²) in [6.07, 6.45) is 0. The number of carbonyl (C=O) groups excluding carboxylic acids is 2. The van der Waals surface area contributed by atoms with E-state index in [0.717, 1.165) is 17.1 Å². The van der Waals surface area contributed by atoms with Crippen molar-refractivity contribution in [3.05, 3.63) is 23.2 Å². The van der Waals surface area contributed by atoms with E-state index >= 15 is 0 Å². The lowest BCUT2D eigenvalue weighted by molar-refractivity contribution is -0.126. The largest absolute Gasteiger partial charge is 0.466 e. The van der Waals surface area contributed by atoms with Crippen molar-refractivity contribution < 1.29 is 14.0 Å². The smallest absolute Gasteiger partial charge is 0.325 e. The van der Waals surface area contributed by atoms with E-state index in [2.05, 4.69) is 5.32 Å². The number of amides is 3. The minimum atomic E-state index is -0.337. The molecular formula is C11H14N2O3. The fourth-order valence-electron chi connectivity index (χ4n) is 2.03. The van der Waals surface area contributed by atoms with Crippen LogP contribution in [0.15, 0.2) is 10.5 Å². The number of nitrogens with one attached hydrogen (secondary N) is 1. The van der Waals surface area contributed by atoms with Crippen LogP contribution in [0.1, 0.15) is 30.0 Å². The summed E-state index contributed by atoms with van der Waals surface area (Å²) in [5.74, 6) is 1.33. The van der Waals surface area contributed by atoms with Crippen LogP contribution in [0.25, 0.3) is 0 Å². The van der Waals surface area contributed by atoms with Crippen molar-refractivity contribution in [3.8, 4) is 0 Å². The topological polar surface area (TPSA) is 62.6 Å². The van der Waals surface area contributed by atoms with Crippen LogP contribution in [-0.4, -0.2) is 23.4 Å². The molecule has 2 heterocycles. The van der Waals surface area contributed by atoms with Crippen LogP contribution in [0.4, 0.5) is 4.79 Å². The van der Waals surface area contributed by atoms with Crippen molar-refractivity contribution >= 4 is 11.9 Å². The molecule has 0 aliphatic carbocycles. The Morgan fingerprint density at radius 2 is 2.12 bits per heavy atom. The third kappa shape index (κ3) is 1.58. The van der Waals surface area contributed by atoms with Crippen molar-refractivity contribution in [1.29, 1.82) is 0 Å². The summed E-state index contributed by atoms with van der Waals surface area (Å²) in [7, 11) is 0. The minimum absolute atomic E-state index is 0.0824. The fraction of sp³-hybridized carbons (Fsp3) is 0.455. The zero-order chi connectivity index (χ0) is 11.9. The van der Waals surface area contributed by atoms with Gasteiger partial charge in [0.1, 0.15) is 11.5 Å². The van der Waals surface area contributed by atoms with Crippen LogP contribution < -0.4 is 5.32 Å². The van der Waals surface area contributed by atoms with E-state index in [0.29, 0.717) is 0 Å². The summed E-state index contributed by atoms with van der Waals surface area (Å²) in [6.45, 7) is 5.57. The molecule has 86 valence electrons. The zero-order valence-electron chi connectivity index (χ0n) is 9.53. The molecule has 1 unspecified atom stereocenters. The molecule has 1 atom stereocenters. The van der Waals surface area contributed by atoms with E-state index < -0.39 is 0 Å². The molecule has 0 saturated carbocycles. The van der Waals surface area contributed by atoms with Gasteiger partial charge in [-0.25, -0.2) is 4.79 Å². The Morgan fingerprint density at radius 3 is 2.56 bits per heavy atom. The maximum absolute atomic E-state index is 11.5. The lowest BCUT2D eigenvalue weighted by Crippen LogP contribution is -2.33. The van der Waals surface area contributed by atoms with Gasteiger partial charge in [-0.05, 0) is 26.8 Å². The summed E-state index contributed by atoms with van der Waals surface area (Å²) in [5.41, 5.74) is 0.878. The van der Waals surface area contributed by atoms with Gasteiger partial charge in [0.2, 0.25) is 0 Å². The minimum Gasteiger partial charge on any atom is -0.466 e. The molecule has 5 heteroatoms. The molecule has 1 aromatic rings. The van der Waals surface area contributed by atoms with Gasteiger partial charge in [0.15, 0.2) is 0 Å². The number of nitrogens with zero attached hydrogens (tertiary/aromatic N) is 1. The van der Waals surface area contributed by atoms with Crippen molar-refractivity contribution in [2.24, 2.45) is 0 Å². The Kier molecular flexibility index (Phi) is 2.46. The summed E-state index contributed by atoms with van der Waals surface area (Å²) >= 11 is 0. The number of urea groups is 1. The second-order valence-corrected chi connectivity index (χ2v) is 3.97. The first-order valence-electron chi connectivity index (χ1n) is 5.17. The van der Waals surface area contributed by atoms with Crippen LogP contribution in [0.2, 0.25) is 0 Å². The highest BCUT2D eigenvalue weighted by Crippen LogP contribution is 2.27. The molecule has 0 bridgehead atoms. The monoisotopic (exact) mass is 222 g/mol. The van der Waals surface area contributed by atoms with E-state index in [9.17, 15) is 9.59 Å². The van der Waals surface area contributed by atoms with Gasteiger partial charge in [0.05, 0.1) is 12.6 Å². The molecule has 1 N–H and O–H groups in total. The molecule has 3 amide bonds. The first kappa shape index (κ1) is 10.7. The van der Waals surface area contributed by atoms with Gasteiger partial charge in [0, 0.05) is 5.56 Å². The van der Waals surface area contributed by atoms with Crippen molar-refractivity contribution in [2.75, 3.05) is 6.54 Å². The molecule has 1 fully saturated rings. The SMILES string of the molecule is Cc1cc(C(C)N2C(=O)CNC2=O)c(C)o1. The molecule has 1 aliphatic rings. The van der Waals surface area contributed by atoms with Gasteiger partial charge >= 0.3 is 6.03 Å². The number of hydrogen-bond donors (Lipinski definition) is 1. The number of rotatable bonds is 2. The molecule has 1 aliphatic heterocycles. The standard InChI is InChI=1S/C11H14N2O3/c1-6-4-9(8(3)16-6)7(2)13-10(14)5-12-11(13)15/h4,7H,5H2,1-3H3,(H,12,15). The first-order valence-corrected chi connectivity index (χ1v) is 5.17. The van der Waals surface area contributed by atoms with E-state index in [1.807, 2.05) is 26.8 Å². The van der Waals surface area contributed by atoms with E-state index in [1.54, 1.807) is 0 Å². The lowest BCUT2D eigenvalue weighted by atomic mass is 10.1. The Labute approximate surface area is 93.4 Å². The summed E-state index contributed by atoms with van der Waals surface area (Å²) in [6, 6.07) is 1.24. The number of hydrogen-bond acceptors (Lipinski definition) is 3. The highest BCUT2D eigenvalue weighted by atomic mass is 16.3. The fourth-order valence-corrected chi connectivity index (χ4v) is 2.03. The summed E-state index contributed by atoms with van der Waals surface area (Å²) in [4.78, 5) is 24.2. The van der Waals surface area contributed by atoms with Gasteiger partial charge in [-0.1, -0.05) is 0 Å². The lowest BCUT2D eigenvalue weighted by Gasteiger charge is -2.20. The Balaban J connectivity index is 2.31. The average molecular weight is 222 g/mol. The highest BCUT2D eigenvalue weighted by molar-refractivity contribution is 6.02. The molecular weight excluding hydrogens is 208 g/mol. The number of furan rings is 1. The van der Waals surface area contributed by atoms with Gasteiger partial charge in [0.25, 0.3) is 5.91 Å². The predicted octanol–water partition coefficient (Wildman–Crippen LogP) is 1.51. The van der Waals surface area contributed by atoms with E-state index in [4.69, 9.17) is 4.42 Å². The van der Waals surface area contributed by atoms with Crippen molar-refractivity contribution in [1.82, 2.24) is 10.2 Å². The quantitative estimate of drug-likeness (QED) is 0.771. The maximum Gasteiger partial charge on any atom is 0.325 e. The highest BCUT2D eigenvalue weighted by Gasteiger charge is 2.34. The second-order valence-electron chi connectivity index (χ2n) is 3.97. The van der Waals surface area contributed by atoms with Crippen LogP contribution in [0.5, 0.6) is 0 Å². The third-order valence-corrected chi connectivity index (χ3v) is 2.80. The molecule has 0 radical (unpaired) electrons. The molecule has 5 nitrogen and oxygen atoms in total. The van der Waals surface area contributed by atoms with Crippen LogP contribution in [0.3, 0.4) is 0 Å². The average Bonchev–Trinajstić information content (AvgIpc) is 2.70.